The van der Waals surface area contributed by atoms with Gasteiger partial charge in [0.15, 0.2) is 6.54 Å². The highest BCUT2D eigenvalue weighted by atomic mass is 16.6. The van der Waals surface area contributed by atoms with Crippen molar-refractivity contribution in [3.8, 4) is 0 Å². The Bertz CT molecular complexity index is 357. The Morgan fingerprint density at radius 3 is 2.85 bits per heavy atom. The third-order valence-corrected chi connectivity index (χ3v) is 1.44. The second-order valence-corrected chi connectivity index (χ2v) is 2.45. The molecule has 0 aliphatic heterocycles. The van der Waals surface area contributed by atoms with Crippen molar-refractivity contribution in [2.45, 2.75) is 13.5 Å². The van der Waals surface area contributed by atoms with Gasteiger partial charge >= 0.3 is 11.8 Å². The van der Waals surface area contributed by atoms with Crippen molar-refractivity contribution >= 4 is 11.8 Å². The molecule has 0 saturated heterocycles. The summed E-state index contributed by atoms with van der Waals surface area (Å²) < 4.78 is 1.07. The van der Waals surface area contributed by atoms with Crippen molar-refractivity contribution in [1.29, 1.82) is 0 Å². The fourth-order valence-electron chi connectivity index (χ4n) is 0.870. The van der Waals surface area contributed by atoms with E-state index in [1.54, 1.807) is 6.92 Å². The van der Waals surface area contributed by atoms with E-state index < -0.39 is 10.9 Å². The summed E-state index contributed by atoms with van der Waals surface area (Å²) in [4.78, 5) is 19.8. The van der Waals surface area contributed by atoms with E-state index in [2.05, 4.69) is 5.10 Å². The minimum atomic E-state index is -1.08. The summed E-state index contributed by atoms with van der Waals surface area (Å²) in [5, 5.41) is 22.1. The lowest BCUT2D eigenvalue weighted by molar-refractivity contribution is -0.389. The van der Waals surface area contributed by atoms with Gasteiger partial charge in [-0.3, -0.25) is 4.79 Å². The summed E-state index contributed by atoms with van der Waals surface area (Å²) in [5.74, 6) is -1.42. The standard InChI is InChI=1S/C6H7N3O4/c1-4-2-5(9(12)13)7-8(4)3-6(10)11/h2H,3H2,1H3,(H,10,11). The fourth-order valence-corrected chi connectivity index (χ4v) is 0.870. The number of rotatable bonds is 3. The van der Waals surface area contributed by atoms with Gasteiger partial charge in [-0.05, 0) is 11.8 Å². The zero-order valence-corrected chi connectivity index (χ0v) is 6.80. The van der Waals surface area contributed by atoms with Gasteiger partial charge in [0.2, 0.25) is 0 Å². The molecule has 0 atom stereocenters. The molecule has 0 saturated carbocycles. The average Bonchev–Trinajstić information content (AvgIpc) is 2.31. The minimum absolute atomic E-state index is 0.334. The number of carbonyl (C=O) groups is 1. The van der Waals surface area contributed by atoms with Crippen LogP contribution in [0.3, 0.4) is 0 Å². The summed E-state index contributed by atoms with van der Waals surface area (Å²) in [6.07, 6.45) is 0. The molecule has 7 nitrogen and oxygen atoms in total. The largest absolute Gasteiger partial charge is 0.480 e. The Balaban J connectivity index is 2.96. The molecule has 0 fully saturated rings. The lowest BCUT2D eigenvalue weighted by atomic mass is 10.4. The van der Waals surface area contributed by atoms with Crippen molar-refractivity contribution in [1.82, 2.24) is 9.78 Å². The lowest BCUT2D eigenvalue weighted by Gasteiger charge is -1.91. The summed E-state index contributed by atoms with van der Waals surface area (Å²) in [5.41, 5.74) is 0.453. The van der Waals surface area contributed by atoms with Crippen LogP contribution >= 0.6 is 0 Å². The number of aryl methyl sites for hydroxylation is 1. The Morgan fingerprint density at radius 2 is 2.46 bits per heavy atom. The van der Waals surface area contributed by atoms with Crippen LogP contribution in [0, 0.1) is 17.0 Å². The van der Waals surface area contributed by atoms with Crippen LogP contribution in [0.5, 0.6) is 0 Å². The van der Waals surface area contributed by atoms with Crippen LogP contribution in [-0.4, -0.2) is 25.8 Å². The average molecular weight is 185 g/mol. The van der Waals surface area contributed by atoms with E-state index in [1.807, 2.05) is 0 Å². The fraction of sp³-hybridized carbons (Fsp3) is 0.333. The van der Waals surface area contributed by atoms with Crippen LogP contribution in [0.4, 0.5) is 5.82 Å². The summed E-state index contributed by atoms with van der Waals surface area (Å²) in [7, 11) is 0. The predicted molar refractivity (Wildman–Crippen MR) is 41.3 cm³/mol. The molecule has 1 heterocycles. The normalized spacial score (nSPS) is 9.92. The summed E-state index contributed by atoms with van der Waals surface area (Å²) in [6.45, 7) is 1.20. The first-order chi connectivity index (χ1) is 6.00. The molecule has 0 spiro atoms. The van der Waals surface area contributed by atoms with Gasteiger partial charge in [0, 0.05) is 0 Å². The van der Waals surface area contributed by atoms with E-state index in [-0.39, 0.29) is 12.4 Å². The number of nitro groups is 1. The second kappa shape index (κ2) is 3.21. The first-order valence-corrected chi connectivity index (χ1v) is 3.41. The van der Waals surface area contributed by atoms with Gasteiger partial charge in [0.25, 0.3) is 0 Å². The maximum absolute atomic E-state index is 10.3. The number of carboxylic acid groups (broad SMARTS) is 1. The highest BCUT2D eigenvalue weighted by Gasteiger charge is 2.16. The van der Waals surface area contributed by atoms with E-state index in [9.17, 15) is 14.9 Å². The van der Waals surface area contributed by atoms with Crippen LogP contribution in [0.2, 0.25) is 0 Å². The Morgan fingerprint density at radius 1 is 1.85 bits per heavy atom. The van der Waals surface area contributed by atoms with Crippen molar-refractivity contribution in [2.24, 2.45) is 0 Å². The van der Waals surface area contributed by atoms with Crippen molar-refractivity contribution in [2.75, 3.05) is 0 Å². The number of hydrogen-bond donors (Lipinski definition) is 1. The zero-order valence-electron chi connectivity index (χ0n) is 6.80. The molecule has 0 radical (unpaired) electrons. The quantitative estimate of drug-likeness (QED) is 0.535. The smallest absolute Gasteiger partial charge is 0.390 e. The highest BCUT2D eigenvalue weighted by Crippen LogP contribution is 2.10. The Labute approximate surface area is 72.7 Å². The molecule has 70 valence electrons. The van der Waals surface area contributed by atoms with Gasteiger partial charge in [0.1, 0.15) is 0 Å². The van der Waals surface area contributed by atoms with Crippen LogP contribution in [0.25, 0.3) is 0 Å². The predicted octanol–water partition coefficient (Wildman–Crippen LogP) is 0.184. The summed E-state index contributed by atoms with van der Waals surface area (Å²) in [6, 6.07) is 1.23. The number of aliphatic carboxylic acids is 1. The van der Waals surface area contributed by atoms with E-state index >= 15 is 0 Å². The molecular formula is C6H7N3O4. The minimum Gasteiger partial charge on any atom is -0.480 e. The zero-order chi connectivity index (χ0) is 10.0. The third kappa shape index (κ3) is 2.01. The van der Waals surface area contributed by atoms with Gasteiger partial charge in [-0.2, -0.15) is 4.68 Å². The second-order valence-electron chi connectivity index (χ2n) is 2.45. The molecule has 1 aromatic heterocycles. The van der Waals surface area contributed by atoms with Gasteiger partial charge in [-0.15, -0.1) is 0 Å². The monoisotopic (exact) mass is 185 g/mol. The summed E-state index contributed by atoms with van der Waals surface area (Å²) >= 11 is 0. The van der Waals surface area contributed by atoms with Gasteiger partial charge < -0.3 is 15.2 Å². The van der Waals surface area contributed by atoms with Gasteiger partial charge in [-0.25, -0.2) is 0 Å². The van der Waals surface area contributed by atoms with Crippen molar-refractivity contribution in [3.63, 3.8) is 0 Å². The van der Waals surface area contributed by atoms with Crippen LogP contribution in [0.15, 0.2) is 6.07 Å². The SMILES string of the molecule is Cc1cc([N+](=O)[O-])nn1CC(=O)O. The number of aromatic nitrogens is 2. The van der Waals surface area contributed by atoms with Crippen LogP contribution < -0.4 is 0 Å². The van der Waals surface area contributed by atoms with Crippen LogP contribution in [0.1, 0.15) is 5.69 Å². The molecular weight excluding hydrogens is 178 g/mol. The van der Waals surface area contributed by atoms with E-state index in [4.69, 9.17) is 5.11 Å². The molecule has 7 heteroatoms. The highest BCUT2D eigenvalue weighted by molar-refractivity contribution is 5.66. The first-order valence-electron chi connectivity index (χ1n) is 3.41. The first kappa shape index (κ1) is 9.17. The maximum atomic E-state index is 10.3. The molecule has 0 aliphatic carbocycles. The number of carboxylic acids is 1. The molecule has 0 bridgehead atoms. The molecule has 0 aliphatic rings. The van der Waals surface area contributed by atoms with E-state index in [0.717, 1.165) is 4.68 Å². The Hall–Kier alpha value is -1.92. The molecule has 0 unspecified atom stereocenters. The van der Waals surface area contributed by atoms with E-state index in [0.29, 0.717) is 5.69 Å². The van der Waals surface area contributed by atoms with Crippen molar-refractivity contribution in [3.05, 3.63) is 21.9 Å². The topological polar surface area (TPSA) is 98.3 Å². The van der Waals surface area contributed by atoms with Crippen molar-refractivity contribution < 1.29 is 14.8 Å². The molecule has 0 amide bonds. The molecule has 0 aromatic carbocycles. The third-order valence-electron chi connectivity index (χ3n) is 1.44. The molecule has 1 N–H and O–H groups in total. The molecule has 1 rings (SSSR count). The molecule has 1 aromatic rings. The molecule has 13 heavy (non-hydrogen) atoms. The van der Waals surface area contributed by atoms with Gasteiger partial charge in [0.05, 0.1) is 16.9 Å². The number of nitrogens with zero attached hydrogens (tertiary/aromatic N) is 3. The van der Waals surface area contributed by atoms with E-state index in [1.165, 1.54) is 6.07 Å². The maximum Gasteiger partial charge on any atom is 0.390 e. The number of hydrogen-bond acceptors (Lipinski definition) is 4. The van der Waals surface area contributed by atoms with Crippen LogP contribution in [-0.2, 0) is 11.3 Å². The Kier molecular flexibility index (Phi) is 2.27. The van der Waals surface area contributed by atoms with Gasteiger partial charge in [-0.1, -0.05) is 0 Å². The lowest BCUT2D eigenvalue weighted by Crippen LogP contribution is -2.11.